The highest BCUT2D eigenvalue weighted by atomic mass is 16.5. The lowest BCUT2D eigenvalue weighted by Crippen LogP contribution is -2.13. The summed E-state index contributed by atoms with van der Waals surface area (Å²) in [6.45, 7) is 2.25. The summed E-state index contributed by atoms with van der Waals surface area (Å²) < 4.78 is 10.8. The minimum Gasteiger partial charge on any atom is -0.491 e. The Kier molecular flexibility index (Phi) is 6.56. The molecule has 0 heterocycles. The van der Waals surface area contributed by atoms with Gasteiger partial charge in [-0.3, -0.25) is 0 Å². The second-order valence-electron chi connectivity index (χ2n) is 3.33. The number of rotatable bonds is 8. The van der Waals surface area contributed by atoms with E-state index in [1.165, 1.54) is 0 Å². The standard InChI is InChI=1S/C12H19NO3/c13-6-8-15-9-10-16-12-4-2-1-3-11(12)5-7-14/h1-4,14H,5-10,13H2. The summed E-state index contributed by atoms with van der Waals surface area (Å²) in [5, 5.41) is 8.89. The first-order chi connectivity index (χ1) is 7.88. The number of aliphatic hydroxyl groups excluding tert-OH is 1. The van der Waals surface area contributed by atoms with Gasteiger partial charge < -0.3 is 20.3 Å². The normalized spacial score (nSPS) is 10.4. The fourth-order valence-corrected chi connectivity index (χ4v) is 1.37. The number of nitrogens with two attached hydrogens (primary N) is 1. The van der Waals surface area contributed by atoms with Crippen LogP contribution in [-0.2, 0) is 11.2 Å². The third kappa shape index (κ3) is 4.61. The molecule has 1 aromatic rings. The van der Waals surface area contributed by atoms with Crippen LogP contribution in [-0.4, -0.2) is 38.1 Å². The maximum absolute atomic E-state index is 8.89. The van der Waals surface area contributed by atoms with E-state index in [4.69, 9.17) is 20.3 Å². The fourth-order valence-electron chi connectivity index (χ4n) is 1.37. The van der Waals surface area contributed by atoms with Gasteiger partial charge in [-0.25, -0.2) is 0 Å². The predicted octanol–water partition coefficient (Wildman–Crippen LogP) is 0.575. The smallest absolute Gasteiger partial charge is 0.122 e. The molecule has 4 heteroatoms. The summed E-state index contributed by atoms with van der Waals surface area (Å²) in [6.07, 6.45) is 0.611. The van der Waals surface area contributed by atoms with E-state index in [2.05, 4.69) is 0 Å². The highest BCUT2D eigenvalue weighted by molar-refractivity contribution is 5.33. The van der Waals surface area contributed by atoms with Gasteiger partial charge in [0.25, 0.3) is 0 Å². The first kappa shape index (κ1) is 13.0. The topological polar surface area (TPSA) is 64.7 Å². The van der Waals surface area contributed by atoms with Crippen molar-refractivity contribution >= 4 is 0 Å². The summed E-state index contributed by atoms with van der Waals surface area (Å²) in [6, 6.07) is 7.69. The zero-order chi connectivity index (χ0) is 11.6. The van der Waals surface area contributed by atoms with Crippen LogP contribution in [0, 0.1) is 0 Å². The van der Waals surface area contributed by atoms with E-state index in [0.29, 0.717) is 32.8 Å². The highest BCUT2D eigenvalue weighted by Crippen LogP contribution is 2.17. The summed E-state index contributed by atoms with van der Waals surface area (Å²) in [5.74, 6) is 0.813. The summed E-state index contributed by atoms with van der Waals surface area (Å²) in [7, 11) is 0. The van der Waals surface area contributed by atoms with Crippen molar-refractivity contribution in [2.45, 2.75) is 6.42 Å². The minimum absolute atomic E-state index is 0.129. The molecule has 0 atom stereocenters. The lowest BCUT2D eigenvalue weighted by Gasteiger charge is -2.10. The Bertz CT molecular complexity index is 291. The third-order valence-electron chi connectivity index (χ3n) is 2.10. The largest absolute Gasteiger partial charge is 0.491 e. The maximum Gasteiger partial charge on any atom is 0.122 e. The fraction of sp³-hybridized carbons (Fsp3) is 0.500. The average Bonchev–Trinajstić information content (AvgIpc) is 2.31. The first-order valence-corrected chi connectivity index (χ1v) is 5.48. The summed E-state index contributed by atoms with van der Waals surface area (Å²) in [4.78, 5) is 0. The van der Waals surface area contributed by atoms with Crippen molar-refractivity contribution in [3.63, 3.8) is 0 Å². The van der Waals surface area contributed by atoms with E-state index in [1.807, 2.05) is 24.3 Å². The molecule has 0 aromatic heterocycles. The minimum atomic E-state index is 0.129. The lowest BCUT2D eigenvalue weighted by molar-refractivity contribution is 0.105. The molecule has 3 N–H and O–H groups in total. The zero-order valence-corrected chi connectivity index (χ0v) is 9.39. The van der Waals surface area contributed by atoms with Gasteiger partial charge in [-0.15, -0.1) is 0 Å². The van der Waals surface area contributed by atoms with Gasteiger partial charge >= 0.3 is 0 Å². The van der Waals surface area contributed by atoms with Crippen molar-refractivity contribution in [3.05, 3.63) is 29.8 Å². The maximum atomic E-state index is 8.89. The van der Waals surface area contributed by atoms with Gasteiger partial charge in [0.15, 0.2) is 0 Å². The molecule has 0 unspecified atom stereocenters. The SMILES string of the molecule is NCCOCCOc1ccccc1CCO. The van der Waals surface area contributed by atoms with Crippen LogP contribution < -0.4 is 10.5 Å². The van der Waals surface area contributed by atoms with Gasteiger partial charge in [0, 0.05) is 13.2 Å². The molecule has 1 rings (SSSR count). The second-order valence-corrected chi connectivity index (χ2v) is 3.33. The van der Waals surface area contributed by atoms with Crippen molar-refractivity contribution in [3.8, 4) is 5.75 Å². The molecule has 0 saturated carbocycles. The monoisotopic (exact) mass is 225 g/mol. The van der Waals surface area contributed by atoms with Crippen molar-refractivity contribution < 1.29 is 14.6 Å². The van der Waals surface area contributed by atoms with Gasteiger partial charge in [-0.2, -0.15) is 0 Å². The van der Waals surface area contributed by atoms with Crippen LogP contribution >= 0.6 is 0 Å². The molecule has 0 bridgehead atoms. The van der Waals surface area contributed by atoms with E-state index in [9.17, 15) is 0 Å². The molecular formula is C12H19NO3. The van der Waals surface area contributed by atoms with E-state index < -0.39 is 0 Å². The van der Waals surface area contributed by atoms with Crippen LogP contribution in [0.15, 0.2) is 24.3 Å². The van der Waals surface area contributed by atoms with Crippen LogP contribution in [0.2, 0.25) is 0 Å². The summed E-state index contributed by atoms with van der Waals surface area (Å²) >= 11 is 0. The van der Waals surface area contributed by atoms with Crippen LogP contribution in [0.4, 0.5) is 0 Å². The van der Waals surface area contributed by atoms with E-state index in [-0.39, 0.29) is 6.61 Å². The molecular weight excluding hydrogens is 206 g/mol. The molecule has 0 amide bonds. The molecule has 16 heavy (non-hydrogen) atoms. The second kappa shape index (κ2) is 8.10. The Balaban J connectivity index is 2.34. The van der Waals surface area contributed by atoms with Crippen LogP contribution in [0.3, 0.4) is 0 Å². The predicted molar refractivity (Wildman–Crippen MR) is 62.6 cm³/mol. The van der Waals surface area contributed by atoms with Gasteiger partial charge in [0.1, 0.15) is 12.4 Å². The first-order valence-electron chi connectivity index (χ1n) is 5.48. The molecule has 0 fully saturated rings. The number of para-hydroxylation sites is 1. The average molecular weight is 225 g/mol. The number of hydrogen-bond acceptors (Lipinski definition) is 4. The zero-order valence-electron chi connectivity index (χ0n) is 9.39. The molecule has 0 aliphatic rings. The Morgan fingerprint density at radius 1 is 1.12 bits per heavy atom. The Morgan fingerprint density at radius 3 is 2.69 bits per heavy atom. The van der Waals surface area contributed by atoms with E-state index in [0.717, 1.165) is 11.3 Å². The van der Waals surface area contributed by atoms with E-state index >= 15 is 0 Å². The molecule has 0 spiro atoms. The molecule has 1 aromatic carbocycles. The highest BCUT2D eigenvalue weighted by Gasteiger charge is 2.01. The number of hydrogen-bond donors (Lipinski definition) is 2. The van der Waals surface area contributed by atoms with E-state index in [1.54, 1.807) is 0 Å². The molecule has 0 aliphatic carbocycles. The lowest BCUT2D eigenvalue weighted by atomic mass is 10.1. The Hall–Kier alpha value is -1.10. The van der Waals surface area contributed by atoms with Gasteiger partial charge in [0.05, 0.1) is 13.2 Å². The summed E-state index contributed by atoms with van der Waals surface area (Å²) in [5.41, 5.74) is 6.31. The van der Waals surface area contributed by atoms with Crippen molar-refractivity contribution in [1.29, 1.82) is 0 Å². The van der Waals surface area contributed by atoms with Gasteiger partial charge in [-0.05, 0) is 18.1 Å². The van der Waals surface area contributed by atoms with Crippen LogP contribution in [0.25, 0.3) is 0 Å². The number of ether oxygens (including phenoxy) is 2. The molecule has 0 saturated heterocycles. The molecule has 90 valence electrons. The number of aliphatic hydroxyl groups is 1. The van der Waals surface area contributed by atoms with Crippen molar-refractivity contribution in [1.82, 2.24) is 0 Å². The third-order valence-corrected chi connectivity index (χ3v) is 2.10. The Labute approximate surface area is 96.0 Å². The number of benzene rings is 1. The van der Waals surface area contributed by atoms with Crippen molar-refractivity contribution in [2.75, 3.05) is 33.0 Å². The Morgan fingerprint density at radius 2 is 1.94 bits per heavy atom. The van der Waals surface area contributed by atoms with Crippen LogP contribution in [0.5, 0.6) is 5.75 Å². The molecule has 0 aliphatic heterocycles. The molecule has 4 nitrogen and oxygen atoms in total. The van der Waals surface area contributed by atoms with Gasteiger partial charge in [-0.1, -0.05) is 18.2 Å². The molecule has 0 radical (unpaired) electrons. The quantitative estimate of drug-likeness (QED) is 0.635. The van der Waals surface area contributed by atoms with Gasteiger partial charge in [0.2, 0.25) is 0 Å². The van der Waals surface area contributed by atoms with Crippen molar-refractivity contribution in [2.24, 2.45) is 5.73 Å². The van der Waals surface area contributed by atoms with Crippen LogP contribution in [0.1, 0.15) is 5.56 Å².